The molecule has 0 radical (unpaired) electrons. The second-order valence-electron chi connectivity index (χ2n) is 39.9. The Kier molecular flexibility index (Phi) is 24.1. The van der Waals surface area contributed by atoms with Crippen molar-refractivity contribution in [1.29, 1.82) is 0 Å². The third-order valence-corrected chi connectivity index (χ3v) is 31.8. The van der Waals surface area contributed by atoms with E-state index < -0.39 is 0 Å². The Bertz CT molecular complexity index is 8660. The van der Waals surface area contributed by atoms with Gasteiger partial charge in [-0.1, -0.05) is 391 Å². The number of hydrogen-bond acceptors (Lipinski definition) is 4. The van der Waals surface area contributed by atoms with Crippen molar-refractivity contribution in [3.8, 4) is 28.2 Å². The van der Waals surface area contributed by atoms with Gasteiger partial charge in [-0.3, -0.25) is 0 Å². The number of anilines is 9. The molecule has 24 aromatic rings. The minimum absolute atomic E-state index is 0.0472. The molecule has 4 aromatic heterocycles. The first-order valence-corrected chi connectivity index (χ1v) is 52.1. The summed E-state index contributed by atoms with van der Waals surface area (Å²) in [5.41, 5.74) is 33.9. The molecule has 4 heterocycles. The molecule has 27 rings (SSSR count). The summed E-state index contributed by atoms with van der Waals surface area (Å²) in [7, 11) is 0. The molecule has 0 N–H and O–H groups in total. The van der Waals surface area contributed by atoms with E-state index in [1.54, 1.807) is 0 Å². The lowest BCUT2D eigenvalue weighted by molar-refractivity contribution is 0.346. The van der Waals surface area contributed by atoms with Gasteiger partial charge in [0, 0.05) is 134 Å². The lowest BCUT2D eigenvalue weighted by atomic mass is 9.65. The van der Waals surface area contributed by atoms with Crippen LogP contribution in [0.2, 0.25) is 0 Å². The van der Waals surface area contributed by atoms with Gasteiger partial charge in [-0.25, -0.2) is 0 Å². The van der Waals surface area contributed by atoms with Crippen molar-refractivity contribution >= 4 is 139 Å². The first-order chi connectivity index (χ1) is 71.9. The molecule has 7 heteroatoms. The van der Waals surface area contributed by atoms with E-state index in [0.29, 0.717) is 0 Å². The normalized spacial score (nSPS) is 14.4. The van der Waals surface area contributed by atoms with Crippen LogP contribution in [0.3, 0.4) is 0 Å². The lowest BCUT2D eigenvalue weighted by Gasteiger charge is -2.39. The van der Waals surface area contributed by atoms with Crippen LogP contribution in [0, 0.1) is 0 Å². The minimum Gasteiger partial charge on any atom is -0.456 e. The van der Waals surface area contributed by atoms with Gasteiger partial charge in [0.05, 0.1) is 33.1 Å². The standard InChI is InChI=1S/C48H38N2O.C48H40N2.C42H36N2/c1-4-14-34(15-5-1)48(30-12-3-13-31-48)35-22-24-37(25-23-35)49(39-27-29-43-42-19-9-11-21-46(42)51-47(43)33-39)38-26-28-41-40-18-8-10-20-44(40)50(45(41)32-38)36-16-6-2-7-17-36;1-5-15-36(16-6-1)37-23-27-41(28-24-37)49(42-29-25-39(26-30-42)48(33-13-4-14-34-48)38-17-7-2-8-18-38)43-31-32-45-44-21-11-12-22-46(44)50(47(45)35-43)40-19-9-3-10-20-40;1-5-15-32(16-6-1)42(29-13-4-14-30-42)33-23-25-36(26-24-33)43(34-17-7-2-8-18-34)37-27-28-39-38-21-11-12-22-40(38)44(41(39)31-37)35-19-9-3-10-20-35/h1-2,4-11,14-29,32-33H,3,12-13,30-31H2;1-3,5-12,15-32,35H,4,13-14,33-34H2;1-3,5-12,15-28,31H,4,13-14,29-30H2. The highest BCUT2D eigenvalue weighted by Gasteiger charge is 2.40. The molecule has 0 saturated heterocycles. The number of nitrogens with zero attached hydrogens (tertiary/aromatic N) is 6. The smallest absolute Gasteiger partial charge is 0.137 e. The monoisotopic (exact) mass is 1870 g/mol. The van der Waals surface area contributed by atoms with Gasteiger partial charge in [0.25, 0.3) is 0 Å². The summed E-state index contributed by atoms with van der Waals surface area (Å²) in [5.74, 6) is 0. The summed E-state index contributed by atoms with van der Waals surface area (Å²) in [6, 6.07) is 186. The summed E-state index contributed by atoms with van der Waals surface area (Å²) < 4.78 is 13.6. The van der Waals surface area contributed by atoms with Gasteiger partial charge in [0.1, 0.15) is 11.2 Å². The van der Waals surface area contributed by atoms with E-state index in [9.17, 15) is 0 Å². The minimum atomic E-state index is 0.0472. The number of furan rings is 1. The molecular weight excluding hydrogens is 1760 g/mol. The zero-order valence-corrected chi connectivity index (χ0v) is 81.7. The molecule has 7 nitrogen and oxygen atoms in total. The molecule has 0 spiro atoms. The van der Waals surface area contributed by atoms with E-state index in [2.05, 4.69) is 532 Å². The van der Waals surface area contributed by atoms with Crippen LogP contribution < -0.4 is 14.7 Å². The third-order valence-electron chi connectivity index (χ3n) is 31.8. The number of rotatable bonds is 19. The van der Waals surface area contributed by atoms with E-state index >= 15 is 0 Å². The van der Waals surface area contributed by atoms with E-state index in [1.807, 2.05) is 6.07 Å². The van der Waals surface area contributed by atoms with Gasteiger partial charge in [0.15, 0.2) is 0 Å². The molecule has 0 amide bonds. The first kappa shape index (κ1) is 89.4. The Morgan fingerprint density at radius 1 is 0.159 bits per heavy atom. The molecule has 0 aliphatic heterocycles. The predicted octanol–water partition coefficient (Wildman–Crippen LogP) is 38.1. The summed E-state index contributed by atoms with van der Waals surface area (Å²) in [6.45, 7) is 0. The maximum Gasteiger partial charge on any atom is 0.137 e. The molecule has 3 fully saturated rings. The number of benzene rings is 20. The Morgan fingerprint density at radius 2 is 0.386 bits per heavy atom. The second-order valence-corrected chi connectivity index (χ2v) is 39.9. The van der Waals surface area contributed by atoms with Crippen molar-refractivity contribution < 1.29 is 4.42 Å². The SMILES string of the molecule is c1ccc(-c2ccc(N(c3ccc(C4(c5ccccc5)CCCCC4)cc3)c3ccc4c5ccccc5n(-c5ccccc5)c4c3)cc2)cc1.c1ccc(-n2c3ccccc3c3ccc(N(c4ccc(C5(c6ccccc6)CCCCC5)cc4)c4ccc5c(c4)oc4ccccc45)cc32)cc1.c1ccc(N(c2ccc(C3(c4ccccc4)CCCCC3)cc2)c2ccc3c4ccccc4n(-c4ccccc4)c3c2)cc1. The molecule has 0 unspecified atom stereocenters. The van der Waals surface area contributed by atoms with Gasteiger partial charge >= 0.3 is 0 Å². The summed E-state index contributed by atoms with van der Waals surface area (Å²) in [4.78, 5) is 7.20. The summed E-state index contributed by atoms with van der Waals surface area (Å²) in [6.07, 6.45) is 18.8. The van der Waals surface area contributed by atoms with Gasteiger partial charge < -0.3 is 32.8 Å². The first-order valence-electron chi connectivity index (χ1n) is 52.1. The highest BCUT2D eigenvalue weighted by Crippen LogP contribution is 2.53. The molecule has 0 bridgehead atoms. The fraction of sp³-hybridized carbons (Fsp3) is 0.130. The Morgan fingerprint density at radius 3 is 0.731 bits per heavy atom. The molecule has 3 aliphatic carbocycles. The Labute approximate surface area is 849 Å². The molecule has 145 heavy (non-hydrogen) atoms. The Hall–Kier alpha value is -17.0. The topological polar surface area (TPSA) is 37.6 Å². The maximum atomic E-state index is 6.43. The van der Waals surface area contributed by atoms with Gasteiger partial charge in [0.2, 0.25) is 0 Å². The van der Waals surface area contributed by atoms with Crippen LogP contribution in [0.4, 0.5) is 51.2 Å². The number of para-hydroxylation sites is 8. The number of hydrogen-bond donors (Lipinski definition) is 0. The fourth-order valence-corrected chi connectivity index (χ4v) is 24.8. The fourth-order valence-electron chi connectivity index (χ4n) is 24.8. The largest absolute Gasteiger partial charge is 0.456 e. The van der Waals surface area contributed by atoms with Crippen molar-refractivity contribution in [2.45, 2.75) is 113 Å². The molecule has 702 valence electrons. The highest BCUT2D eigenvalue weighted by molar-refractivity contribution is 6.14. The van der Waals surface area contributed by atoms with Gasteiger partial charge in [-0.05, 0) is 253 Å². The van der Waals surface area contributed by atoms with E-state index in [-0.39, 0.29) is 16.2 Å². The van der Waals surface area contributed by atoms with Crippen molar-refractivity contribution in [1.82, 2.24) is 13.7 Å². The average Bonchev–Trinajstić information content (AvgIpc) is 1.61. The molecule has 3 aliphatic rings. The second kappa shape index (κ2) is 39.1. The van der Waals surface area contributed by atoms with Crippen LogP contribution >= 0.6 is 0 Å². The summed E-state index contributed by atoms with van der Waals surface area (Å²) >= 11 is 0. The van der Waals surface area contributed by atoms with Crippen molar-refractivity contribution in [3.05, 3.63) is 543 Å². The highest BCUT2D eigenvalue weighted by atomic mass is 16.3. The van der Waals surface area contributed by atoms with E-state index in [4.69, 9.17) is 4.42 Å². The van der Waals surface area contributed by atoms with Crippen LogP contribution in [0.25, 0.3) is 116 Å². The van der Waals surface area contributed by atoms with Gasteiger partial charge in [-0.15, -0.1) is 0 Å². The van der Waals surface area contributed by atoms with Crippen LogP contribution in [0.1, 0.15) is 130 Å². The predicted molar refractivity (Wildman–Crippen MR) is 610 cm³/mol. The average molecular weight is 1870 g/mol. The van der Waals surface area contributed by atoms with Crippen LogP contribution in [-0.4, -0.2) is 13.7 Å². The quantitative estimate of drug-likeness (QED) is 0.0809. The van der Waals surface area contributed by atoms with E-state index in [0.717, 1.165) is 78.8 Å². The maximum absolute atomic E-state index is 6.43. The van der Waals surface area contributed by atoms with Crippen molar-refractivity contribution in [2.75, 3.05) is 14.7 Å². The number of aromatic nitrogens is 3. The van der Waals surface area contributed by atoms with Crippen LogP contribution in [0.15, 0.2) is 514 Å². The van der Waals surface area contributed by atoms with E-state index in [1.165, 1.54) is 218 Å². The van der Waals surface area contributed by atoms with Crippen molar-refractivity contribution in [3.63, 3.8) is 0 Å². The molecular formula is C138H114N6O. The van der Waals surface area contributed by atoms with Crippen LogP contribution in [0.5, 0.6) is 0 Å². The van der Waals surface area contributed by atoms with Crippen molar-refractivity contribution in [2.24, 2.45) is 0 Å². The van der Waals surface area contributed by atoms with Crippen LogP contribution in [-0.2, 0) is 16.2 Å². The summed E-state index contributed by atoms with van der Waals surface area (Å²) in [5, 5.41) is 9.81. The number of fused-ring (bicyclic) bond motifs is 12. The molecule has 20 aromatic carbocycles. The third kappa shape index (κ3) is 16.7. The zero-order chi connectivity index (χ0) is 96.5. The Balaban J connectivity index is 0.000000114. The van der Waals surface area contributed by atoms with Gasteiger partial charge in [-0.2, -0.15) is 0 Å². The lowest BCUT2D eigenvalue weighted by Crippen LogP contribution is -2.30. The molecule has 0 atom stereocenters. The molecule has 3 saturated carbocycles. The zero-order valence-electron chi connectivity index (χ0n) is 81.7.